The van der Waals surface area contributed by atoms with E-state index in [9.17, 15) is 9.59 Å². The minimum Gasteiger partial charge on any atom is -0.481 e. The number of carbonyl (C=O) groups excluding carboxylic acids is 1. The van der Waals surface area contributed by atoms with Crippen LogP contribution in [0.5, 0.6) is 0 Å². The Labute approximate surface area is 94.9 Å². The van der Waals surface area contributed by atoms with Crippen molar-refractivity contribution >= 4 is 11.9 Å². The van der Waals surface area contributed by atoms with Crippen LogP contribution >= 0.6 is 0 Å². The van der Waals surface area contributed by atoms with Crippen molar-refractivity contribution in [3.8, 4) is 0 Å². The smallest absolute Gasteiger partial charge is 0.308 e. The Bertz CT molecular complexity index is 304. The maximum Gasteiger partial charge on any atom is 0.308 e. The molecule has 0 aliphatic carbocycles. The summed E-state index contributed by atoms with van der Waals surface area (Å²) in [5.41, 5.74) is 5.68. The zero-order valence-electron chi connectivity index (χ0n) is 9.43. The lowest BCUT2D eigenvalue weighted by Crippen LogP contribution is -2.46. The number of nitrogens with zero attached hydrogens (tertiary/aromatic N) is 1. The molecule has 5 heteroatoms. The highest BCUT2D eigenvalue weighted by Gasteiger charge is 2.39. The van der Waals surface area contributed by atoms with E-state index in [2.05, 4.69) is 6.58 Å². The third-order valence-electron chi connectivity index (χ3n) is 3.09. The number of amides is 1. The topological polar surface area (TPSA) is 83.6 Å². The average Bonchev–Trinajstić information content (AvgIpc) is 2.59. The molecule has 0 aromatic rings. The molecule has 1 saturated heterocycles. The zero-order chi connectivity index (χ0) is 12.3. The van der Waals surface area contributed by atoms with Gasteiger partial charge in [-0.3, -0.25) is 9.59 Å². The highest BCUT2D eigenvalue weighted by Crippen LogP contribution is 2.24. The normalized spacial score (nSPS) is 26.5. The molecule has 3 N–H and O–H groups in total. The van der Waals surface area contributed by atoms with Gasteiger partial charge in [0.2, 0.25) is 5.91 Å². The molecule has 1 heterocycles. The van der Waals surface area contributed by atoms with Crippen LogP contribution in [0.4, 0.5) is 0 Å². The molecule has 3 unspecified atom stereocenters. The summed E-state index contributed by atoms with van der Waals surface area (Å²) in [7, 11) is 0. The maximum absolute atomic E-state index is 11.9. The largest absolute Gasteiger partial charge is 0.481 e. The van der Waals surface area contributed by atoms with Crippen molar-refractivity contribution in [2.45, 2.75) is 31.8 Å². The maximum atomic E-state index is 11.9. The lowest BCUT2D eigenvalue weighted by Gasteiger charge is -2.25. The summed E-state index contributed by atoms with van der Waals surface area (Å²) >= 11 is 0. The molecule has 1 aliphatic heterocycles. The molecule has 0 saturated carbocycles. The molecule has 0 spiro atoms. The lowest BCUT2D eigenvalue weighted by atomic mass is 10.0. The molecule has 1 aliphatic rings. The van der Waals surface area contributed by atoms with Crippen LogP contribution in [0.25, 0.3) is 0 Å². The number of carboxylic acids is 1. The molecule has 1 rings (SSSR count). The van der Waals surface area contributed by atoms with Gasteiger partial charge in [-0.1, -0.05) is 6.08 Å². The minimum atomic E-state index is -0.847. The van der Waals surface area contributed by atoms with Gasteiger partial charge in [-0.05, 0) is 19.8 Å². The highest BCUT2D eigenvalue weighted by atomic mass is 16.4. The molecular formula is C11H18N2O3. The Morgan fingerprint density at radius 1 is 1.69 bits per heavy atom. The van der Waals surface area contributed by atoms with Crippen LogP contribution in [0, 0.1) is 5.92 Å². The predicted molar refractivity (Wildman–Crippen MR) is 59.7 cm³/mol. The second-order valence-corrected chi connectivity index (χ2v) is 4.14. The van der Waals surface area contributed by atoms with E-state index in [4.69, 9.17) is 10.8 Å². The van der Waals surface area contributed by atoms with Gasteiger partial charge in [-0.2, -0.15) is 0 Å². The third-order valence-corrected chi connectivity index (χ3v) is 3.09. The van der Waals surface area contributed by atoms with Crippen molar-refractivity contribution in [2.24, 2.45) is 11.7 Å². The lowest BCUT2D eigenvalue weighted by molar-refractivity contribution is -0.143. The highest BCUT2D eigenvalue weighted by molar-refractivity contribution is 5.83. The van der Waals surface area contributed by atoms with Crippen molar-refractivity contribution < 1.29 is 14.7 Å². The van der Waals surface area contributed by atoms with E-state index in [1.54, 1.807) is 17.9 Å². The molecule has 1 amide bonds. The number of carbonyl (C=O) groups is 2. The molecule has 90 valence electrons. The predicted octanol–water partition coefficient (Wildman–Crippen LogP) is 0.211. The van der Waals surface area contributed by atoms with Gasteiger partial charge in [0.15, 0.2) is 0 Å². The van der Waals surface area contributed by atoms with Crippen LogP contribution in [-0.2, 0) is 9.59 Å². The van der Waals surface area contributed by atoms with Crippen LogP contribution in [0.3, 0.4) is 0 Å². The number of aliphatic carboxylic acids is 1. The van der Waals surface area contributed by atoms with Crippen molar-refractivity contribution in [3.63, 3.8) is 0 Å². The standard InChI is InChI=1S/C11H18N2O3/c1-3-4-9(12)10(14)13-6-5-8(7(13)2)11(15)16/h3,7-9H,1,4-6,12H2,2H3,(H,15,16). The summed E-state index contributed by atoms with van der Waals surface area (Å²) in [6.07, 6.45) is 2.51. The van der Waals surface area contributed by atoms with Crippen molar-refractivity contribution in [1.82, 2.24) is 4.90 Å². The summed E-state index contributed by atoms with van der Waals surface area (Å²) in [5.74, 6) is -1.50. The average molecular weight is 226 g/mol. The Morgan fingerprint density at radius 2 is 2.31 bits per heavy atom. The first kappa shape index (κ1) is 12.7. The zero-order valence-corrected chi connectivity index (χ0v) is 9.43. The summed E-state index contributed by atoms with van der Waals surface area (Å²) < 4.78 is 0. The van der Waals surface area contributed by atoms with Gasteiger partial charge in [-0.25, -0.2) is 0 Å². The van der Waals surface area contributed by atoms with Crippen LogP contribution in [-0.4, -0.2) is 40.5 Å². The fourth-order valence-corrected chi connectivity index (χ4v) is 2.07. The molecule has 1 fully saturated rings. The SMILES string of the molecule is C=CCC(N)C(=O)N1CCC(C(=O)O)C1C. The molecule has 0 bridgehead atoms. The van der Waals surface area contributed by atoms with Gasteiger partial charge >= 0.3 is 5.97 Å². The Balaban J connectivity index is 2.66. The molecule has 0 radical (unpaired) electrons. The number of likely N-dealkylation sites (tertiary alicyclic amines) is 1. The fourth-order valence-electron chi connectivity index (χ4n) is 2.07. The van der Waals surface area contributed by atoms with E-state index < -0.39 is 17.9 Å². The molecule has 5 nitrogen and oxygen atoms in total. The first-order chi connectivity index (χ1) is 7.49. The van der Waals surface area contributed by atoms with Crippen molar-refractivity contribution in [2.75, 3.05) is 6.54 Å². The number of rotatable bonds is 4. The first-order valence-electron chi connectivity index (χ1n) is 5.38. The second-order valence-electron chi connectivity index (χ2n) is 4.14. The van der Waals surface area contributed by atoms with Gasteiger partial charge in [0.05, 0.1) is 12.0 Å². The Kier molecular flexibility index (Phi) is 4.06. The van der Waals surface area contributed by atoms with E-state index in [-0.39, 0.29) is 11.9 Å². The first-order valence-corrected chi connectivity index (χ1v) is 5.38. The molecular weight excluding hydrogens is 208 g/mol. The quantitative estimate of drug-likeness (QED) is 0.671. The molecule has 16 heavy (non-hydrogen) atoms. The van der Waals surface area contributed by atoms with E-state index in [1.807, 2.05) is 0 Å². The van der Waals surface area contributed by atoms with Gasteiger partial charge in [0.1, 0.15) is 0 Å². The fraction of sp³-hybridized carbons (Fsp3) is 0.636. The van der Waals surface area contributed by atoms with Gasteiger partial charge in [-0.15, -0.1) is 6.58 Å². The monoisotopic (exact) mass is 226 g/mol. The summed E-state index contributed by atoms with van der Waals surface area (Å²) in [5, 5.41) is 8.94. The van der Waals surface area contributed by atoms with Crippen molar-refractivity contribution in [1.29, 1.82) is 0 Å². The van der Waals surface area contributed by atoms with E-state index in [0.29, 0.717) is 19.4 Å². The summed E-state index contributed by atoms with van der Waals surface area (Å²) in [4.78, 5) is 24.3. The van der Waals surface area contributed by atoms with E-state index in [1.165, 1.54) is 0 Å². The van der Waals surface area contributed by atoms with Crippen LogP contribution in [0.1, 0.15) is 19.8 Å². The Hall–Kier alpha value is -1.36. The minimum absolute atomic E-state index is 0.184. The van der Waals surface area contributed by atoms with Crippen LogP contribution in [0.2, 0.25) is 0 Å². The second kappa shape index (κ2) is 5.12. The molecule has 0 aromatic heterocycles. The van der Waals surface area contributed by atoms with E-state index >= 15 is 0 Å². The number of hydrogen-bond donors (Lipinski definition) is 2. The third kappa shape index (κ3) is 2.41. The summed E-state index contributed by atoms with van der Waals surface area (Å²) in [6, 6.07) is -0.881. The molecule has 0 aromatic carbocycles. The number of nitrogens with two attached hydrogens (primary N) is 1. The Morgan fingerprint density at radius 3 is 2.75 bits per heavy atom. The summed E-state index contributed by atoms with van der Waals surface area (Å²) in [6.45, 7) is 5.76. The van der Waals surface area contributed by atoms with Crippen LogP contribution < -0.4 is 5.73 Å². The van der Waals surface area contributed by atoms with Crippen LogP contribution in [0.15, 0.2) is 12.7 Å². The van der Waals surface area contributed by atoms with Crippen molar-refractivity contribution in [3.05, 3.63) is 12.7 Å². The van der Waals surface area contributed by atoms with Gasteiger partial charge in [0.25, 0.3) is 0 Å². The number of hydrogen-bond acceptors (Lipinski definition) is 3. The molecule has 3 atom stereocenters. The van der Waals surface area contributed by atoms with E-state index in [0.717, 1.165) is 0 Å². The van der Waals surface area contributed by atoms with Gasteiger partial charge in [0, 0.05) is 12.6 Å². The number of carboxylic acid groups (broad SMARTS) is 1. The van der Waals surface area contributed by atoms with Gasteiger partial charge < -0.3 is 15.7 Å².